The van der Waals surface area contributed by atoms with Crippen LogP contribution in [0.4, 0.5) is 15.9 Å². The number of anilines is 2. The first kappa shape index (κ1) is 19.4. The lowest BCUT2D eigenvalue weighted by Crippen LogP contribution is -2.50. The van der Waals surface area contributed by atoms with Crippen molar-refractivity contribution in [2.45, 2.75) is 6.42 Å². The van der Waals surface area contributed by atoms with E-state index in [0.717, 1.165) is 5.69 Å². The Morgan fingerprint density at radius 2 is 1.90 bits per heavy atom. The van der Waals surface area contributed by atoms with E-state index in [9.17, 15) is 9.59 Å². The number of hydrogen-bond acceptors (Lipinski definition) is 8. The third kappa shape index (κ3) is 3.93. The quantitative estimate of drug-likeness (QED) is 0.617. The van der Waals surface area contributed by atoms with Gasteiger partial charge >= 0.3 is 6.03 Å². The number of nitrogens with zero attached hydrogens (tertiary/aromatic N) is 8. The highest BCUT2D eigenvalue weighted by molar-refractivity contribution is 7.14. The molecule has 2 aromatic heterocycles. The maximum atomic E-state index is 12.8. The summed E-state index contributed by atoms with van der Waals surface area (Å²) in [5.41, 5.74) is 1.59. The van der Waals surface area contributed by atoms with Gasteiger partial charge in [-0.1, -0.05) is 23.3 Å². The molecule has 2 aliphatic rings. The third-order valence-corrected chi connectivity index (χ3v) is 6.24. The first-order chi connectivity index (χ1) is 15.2. The van der Waals surface area contributed by atoms with Gasteiger partial charge in [0.25, 0.3) is 0 Å². The summed E-state index contributed by atoms with van der Waals surface area (Å²) >= 11 is 1.39. The van der Waals surface area contributed by atoms with Crippen LogP contribution >= 0.6 is 11.3 Å². The van der Waals surface area contributed by atoms with Gasteiger partial charge in [-0.25, -0.2) is 9.78 Å². The van der Waals surface area contributed by atoms with E-state index < -0.39 is 0 Å². The molecule has 160 valence electrons. The van der Waals surface area contributed by atoms with Gasteiger partial charge in [0.05, 0.1) is 17.8 Å². The van der Waals surface area contributed by atoms with Crippen LogP contribution in [-0.2, 0) is 11.2 Å². The van der Waals surface area contributed by atoms with E-state index in [1.165, 1.54) is 11.3 Å². The van der Waals surface area contributed by atoms with Crippen molar-refractivity contribution in [1.29, 1.82) is 0 Å². The topological polar surface area (TPSA) is 112 Å². The molecule has 2 saturated heterocycles. The number of piperazine rings is 1. The molecule has 0 atom stereocenters. The van der Waals surface area contributed by atoms with Gasteiger partial charge < -0.3 is 15.1 Å². The summed E-state index contributed by atoms with van der Waals surface area (Å²) in [7, 11) is 0. The molecule has 31 heavy (non-hydrogen) atoms. The van der Waals surface area contributed by atoms with Crippen LogP contribution in [0.1, 0.15) is 5.69 Å². The molecule has 11 nitrogen and oxygen atoms in total. The predicted octanol–water partition coefficient (Wildman–Crippen LogP) is 0.540. The van der Waals surface area contributed by atoms with Gasteiger partial charge in [0, 0.05) is 44.6 Å². The summed E-state index contributed by atoms with van der Waals surface area (Å²) in [6.45, 7) is 3.69. The number of thiazole rings is 1. The molecule has 3 amide bonds. The maximum Gasteiger partial charge on any atom is 0.323 e. The molecule has 0 spiro atoms. The Morgan fingerprint density at radius 3 is 2.65 bits per heavy atom. The van der Waals surface area contributed by atoms with Gasteiger partial charge in [-0.3, -0.25) is 9.69 Å². The number of nitrogens with one attached hydrogen (secondary N) is 1. The zero-order chi connectivity index (χ0) is 21.2. The first-order valence-electron chi connectivity index (χ1n) is 10.1. The number of benzene rings is 1. The summed E-state index contributed by atoms with van der Waals surface area (Å²) in [5, 5.41) is 17.4. The normalized spacial score (nSPS) is 16.6. The van der Waals surface area contributed by atoms with E-state index in [2.05, 4.69) is 30.7 Å². The second-order valence-corrected chi connectivity index (χ2v) is 8.11. The van der Waals surface area contributed by atoms with Gasteiger partial charge in [-0.2, -0.15) is 4.68 Å². The molecule has 0 saturated carbocycles. The van der Waals surface area contributed by atoms with Crippen LogP contribution in [0.5, 0.6) is 0 Å². The van der Waals surface area contributed by atoms with Gasteiger partial charge in [-0.15, -0.1) is 11.3 Å². The van der Waals surface area contributed by atoms with Crippen LogP contribution in [0.3, 0.4) is 0 Å². The number of aromatic nitrogens is 5. The van der Waals surface area contributed by atoms with Crippen molar-refractivity contribution in [2.75, 3.05) is 49.1 Å². The lowest BCUT2D eigenvalue weighted by molar-refractivity contribution is -0.130. The molecule has 0 unspecified atom stereocenters. The Hall–Kier alpha value is -3.54. The fourth-order valence-corrected chi connectivity index (χ4v) is 4.54. The van der Waals surface area contributed by atoms with Crippen molar-refractivity contribution >= 4 is 34.4 Å². The second kappa shape index (κ2) is 8.30. The molecule has 0 aliphatic carbocycles. The van der Waals surface area contributed by atoms with Crippen LogP contribution < -0.4 is 15.1 Å². The van der Waals surface area contributed by atoms with Crippen molar-refractivity contribution < 1.29 is 9.59 Å². The number of para-hydroxylation sites is 1. The molecule has 2 fully saturated rings. The predicted molar refractivity (Wildman–Crippen MR) is 115 cm³/mol. The van der Waals surface area contributed by atoms with Crippen LogP contribution in [0, 0.1) is 0 Å². The van der Waals surface area contributed by atoms with E-state index >= 15 is 0 Å². The molecule has 12 heteroatoms. The van der Waals surface area contributed by atoms with E-state index in [-0.39, 0.29) is 18.4 Å². The molecule has 5 rings (SSSR count). The number of carbonyl (C=O) groups is 2. The number of tetrazole rings is 1. The van der Waals surface area contributed by atoms with Gasteiger partial charge in [0.2, 0.25) is 11.9 Å². The number of hydrogen-bond donors (Lipinski definition) is 1. The molecule has 0 radical (unpaired) electrons. The Bertz CT molecular complexity index is 1080. The minimum Gasteiger partial charge on any atom is -0.339 e. The highest BCUT2D eigenvalue weighted by Crippen LogP contribution is 2.23. The fourth-order valence-electron chi connectivity index (χ4n) is 3.69. The Labute approximate surface area is 182 Å². The second-order valence-electron chi connectivity index (χ2n) is 7.28. The number of carbonyl (C=O) groups excluding carboxylic acids is 2. The van der Waals surface area contributed by atoms with E-state index in [4.69, 9.17) is 0 Å². The lowest BCUT2D eigenvalue weighted by Gasteiger charge is -2.34. The molecular formula is C19H21N9O2S. The average molecular weight is 440 g/mol. The van der Waals surface area contributed by atoms with Crippen LogP contribution in [0.25, 0.3) is 5.69 Å². The van der Waals surface area contributed by atoms with Crippen molar-refractivity contribution in [3.63, 3.8) is 0 Å². The van der Waals surface area contributed by atoms with Gasteiger partial charge in [0.15, 0.2) is 5.13 Å². The lowest BCUT2D eigenvalue weighted by atomic mass is 10.2. The van der Waals surface area contributed by atoms with Crippen molar-refractivity contribution in [2.24, 2.45) is 0 Å². The smallest absolute Gasteiger partial charge is 0.323 e. The largest absolute Gasteiger partial charge is 0.339 e. The Balaban J connectivity index is 1.19. The molecule has 3 aromatic rings. The summed E-state index contributed by atoms with van der Waals surface area (Å²) in [4.78, 5) is 34.6. The van der Waals surface area contributed by atoms with Gasteiger partial charge in [-0.05, 0) is 22.6 Å². The zero-order valence-electron chi connectivity index (χ0n) is 16.7. The summed E-state index contributed by atoms with van der Waals surface area (Å²) < 4.78 is 1.71. The summed E-state index contributed by atoms with van der Waals surface area (Å²) in [6, 6.07) is 9.60. The van der Waals surface area contributed by atoms with Crippen LogP contribution in [0.15, 0.2) is 35.7 Å². The average Bonchev–Trinajstić information content (AvgIpc) is 3.55. The molecular weight excluding hydrogens is 418 g/mol. The maximum absolute atomic E-state index is 12.8. The fraction of sp³-hybridized carbons (Fsp3) is 0.368. The molecule has 1 aromatic carbocycles. The number of rotatable bonds is 5. The van der Waals surface area contributed by atoms with Gasteiger partial charge in [0.1, 0.15) is 0 Å². The van der Waals surface area contributed by atoms with Crippen molar-refractivity contribution in [1.82, 2.24) is 35.4 Å². The molecule has 2 aliphatic heterocycles. The van der Waals surface area contributed by atoms with Crippen molar-refractivity contribution in [3.05, 3.63) is 41.4 Å². The highest BCUT2D eigenvalue weighted by Gasteiger charge is 2.27. The minimum absolute atomic E-state index is 0.0324. The first-order valence-corrected chi connectivity index (χ1v) is 10.9. The molecule has 4 heterocycles. The van der Waals surface area contributed by atoms with E-state index in [1.807, 2.05) is 40.6 Å². The van der Waals surface area contributed by atoms with Crippen LogP contribution in [-0.4, -0.2) is 81.3 Å². The molecule has 1 N–H and O–H groups in total. The highest BCUT2D eigenvalue weighted by atomic mass is 32.1. The van der Waals surface area contributed by atoms with E-state index in [0.29, 0.717) is 56.0 Å². The van der Waals surface area contributed by atoms with Crippen LogP contribution in [0.2, 0.25) is 0 Å². The third-order valence-electron chi connectivity index (χ3n) is 5.33. The number of amides is 3. The number of urea groups is 1. The Morgan fingerprint density at radius 1 is 1.10 bits per heavy atom. The molecule has 0 bridgehead atoms. The minimum atomic E-state index is -0.138. The Kier molecular flexibility index (Phi) is 5.20. The summed E-state index contributed by atoms with van der Waals surface area (Å²) in [6.07, 6.45) is 0.230. The summed E-state index contributed by atoms with van der Waals surface area (Å²) in [5.74, 6) is 0.705. The van der Waals surface area contributed by atoms with Crippen molar-refractivity contribution in [3.8, 4) is 5.69 Å². The van der Waals surface area contributed by atoms with E-state index in [1.54, 1.807) is 9.58 Å². The SMILES string of the molecule is O=C(Cc1csc(N2CCNC2=O)n1)N1CCN(c2nnnn2-c2ccccc2)CC1. The zero-order valence-corrected chi connectivity index (χ0v) is 17.5. The monoisotopic (exact) mass is 439 g/mol. The standard InChI is InChI=1S/C19H21N9O2S/c29-16(12-14-13-31-19(21-14)27-7-6-20-18(27)30)25-8-10-26(11-9-25)17-22-23-24-28(17)15-4-2-1-3-5-15/h1-5,13H,6-12H2,(H,20,30).